The smallest absolute Gasteiger partial charge is 0.410 e. The predicted molar refractivity (Wildman–Crippen MR) is 214 cm³/mol. The SMILES string of the molecule is C=CCO[C@@]12Oc3ccc(Oc4ccc(C)c(C)c4)cc3[C@H]3[C@H](CCCCO)[C@@H](CCCCO)C=C(C(=NOCC)C[C@@H]1N(CCOCCO)C(=O)OCC)[C@H]32. The first kappa shape index (κ1) is 43.2. The van der Waals surface area contributed by atoms with E-state index in [0.717, 1.165) is 48.1 Å². The average Bonchev–Trinajstić information content (AvgIpc) is 3.19. The molecule has 2 aromatic rings. The van der Waals surface area contributed by atoms with Crippen molar-refractivity contribution in [3.8, 4) is 17.2 Å². The summed E-state index contributed by atoms with van der Waals surface area (Å²) in [6, 6.07) is 11.2. The molecule has 2 aliphatic carbocycles. The van der Waals surface area contributed by atoms with Gasteiger partial charge in [0, 0.05) is 37.7 Å². The van der Waals surface area contributed by atoms with E-state index in [0.29, 0.717) is 36.7 Å². The molecule has 2 aromatic carbocycles. The first-order chi connectivity index (χ1) is 27.3. The van der Waals surface area contributed by atoms with E-state index < -0.39 is 23.8 Å². The Labute approximate surface area is 332 Å². The summed E-state index contributed by atoms with van der Waals surface area (Å²) >= 11 is 0. The van der Waals surface area contributed by atoms with Gasteiger partial charge in [0.1, 0.15) is 29.9 Å². The molecule has 0 unspecified atom stereocenters. The summed E-state index contributed by atoms with van der Waals surface area (Å²) in [5.41, 5.74) is 4.92. The molecule has 308 valence electrons. The molecule has 6 atom stereocenters. The van der Waals surface area contributed by atoms with Crippen molar-refractivity contribution in [3.05, 3.63) is 77.4 Å². The predicted octanol–water partition coefficient (Wildman–Crippen LogP) is 7.22. The number of nitrogens with zero attached hydrogens (tertiary/aromatic N) is 2. The van der Waals surface area contributed by atoms with Crippen LogP contribution >= 0.6 is 0 Å². The fraction of sp³-hybridized carbons (Fsp3) is 0.591. The lowest BCUT2D eigenvalue weighted by atomic mass is 9.55. The van der Waals surface area contributed by atoms with Gasteiger partial charge in [0.15, 0.2) is 0 Å². The highest BCUT2D eigenvalue weighted by atomic mass is 16.7. The minimum Gasteiger partial charge on any atom is -0.459 e. The Kier molecular flexibility index (Phi) is 16.2. The van der Waals surface area contributed by atoms with Gasteiger partial charge >= 0.3 is 6.09 Å². The molecule has 5 rings (SSSR count). The highest BCUT2D eigenvalue weighted by Crippen LogP contribution is 2.62. The van der Waals surface area contributed by atoms with E-state index in [1.54, 1.807) is 17.9 Å². The quantitative estimate of drug-likeness (QED) is 0.0636. The highest BCUT2D eigenvalue weighted by Gasteiger charge is 2.65. The van der Waals surface area contributed by atoms with E-state index in [2.05, 4.69) is 38.6 Å². The van der Waals surface area contributed by atoms with Crippen LogP contribution in [0, 0.1) is 31.6 Å². The minimum atomic E-state index is -1.42. The number of carbonyl (C=O) groups excluding carboxylic acids is 1. The van der Waals surface area contributed by atoms with Crippen LogP contribution in [0.5, 0.6) is 17.2 Å². The number of aliphatic hydroxyl groups excluding tert-OH is 3. The number of oxime groups is 1. The van der Waals surface area contributed by atoms with Crippen LogP contribution in [-0.4, -0.2) is 103 Å². The molecule has 12 nitrogen and oxygen atoms in total. The summed E-state index contributed by atoms with van der Waals surface area (Å²) in [5, 5.41) is 33.9. The van der Waals surface area contributed by atoms with Crippen LogP contribution in [0.2, 0.25) is 0 Å². The summed E-state index contributed by atoms with van der Waals surface area (Å²) in [4.78, 5) is 21.5. The van der Waals surface area contributed by atoms with E-state index in [1.807, 2.05) is 31.2 Å². The van der Waals surface area contributed by atoms with Gasteiger partial charge in [-0.1, -0.05) is 36.2 Å². The van der Waals surface area contributed by atoms with E-state index >= 15 is 0 Å². The van der Waals surface area contributed by atoms with Crippen molar-refractivity contribution in [2.24, 2.45) is 22.9 Å². The second-order valence-electron chi connectivity index (χ2n) is 14.8. The van der Waals surface area contributed by atoms with Crippen LogP contribution < -0.4 is 9.47 Å². The van der Waals surface area contributed by atoms with Gasteiger partial charge in [-0.2, -0.15) is 0 Å². The Hall–Kier alpha value is -3.94. The maximum absolute atomic E-state index is 14.0. The minimum absolute atomic E-state index is 0.0660. The van der Waals surface area contributed by atoms with Crippen molar-refractivity contribution in [2.45, 2.75) is 90.4 Å². The maximum Gasteiger partial charge on any atom is 0.410 e. The van der Waals surface area contributed by atoms with Gasteiger partial charge in [0.25, 0.3) is 0 Å². The number of allylic oxidation sites excluding steroid dienone is 1. The Morgan fingerprint density at radius 3 is 2.41 bits per heavy atom. The fourth-order valence-corrected chi connectivity index (χ4v) is 8.68. The van der Waals surface area contributed by atoms with E-state index in [9.17, 15) is 20.1 Å². The zero-order valence-electron chi connectivity index (χ0n) is 33.6. The van der Waals surface area contributed by atoms with Crippen molar-refractivity contribution in [1.82, 2.24) is 4.90 Å². The highest BCUT2D eigenvalue weighted by molar-refractivity contribution is 6.03. The zero-order chi connectivity index (χ0) is 40.1. The number of unbranched alkanes of at least 4 members (excludes halogenated alkanes) is 2. The Morgan fingerprint density at radius 1 is 0.964 bits per heavy atom. The van der Waals surface area contributed by atoms with E-state index in [4.69, 9.17) is 33.7 Å². The molecule has 1 saturated carbocycles. The molecular weight excluding hydrogens is 716 g/mol. The number of ether oxygens (including phenoxy) is 5. The normalized spacial score (nSPS) is 24.4. The summed E-state index contributed by atoms with van der Waals surface area (Å²) in [6.07, 6.45) is 8.34. The molecular formula is C44H62N2O10. The van der Waals surface area contributed by atoms with Crippen LogP contribution in [-0.2, 0) is 19.0 Å². The van der Waals surface area contributed by atoms with Crippen LogP contribution in [0.3, 0.4) is 0 Å². The molecule has 1 amide bonds. The third kappa shape index (κ3) is 9.77. The van der Waals surface area contributed by atoms with Crippen molar-refractivity contribution in [1.29, 1.82) is 0 Å². The van der Waals surface area contributed by atoms with Gasteiger partial charge in [0.05, 0.1) is 44.7 Å². The van der Waals surface area contributed by atoms with Gasteiger partial charge in [-0.05, 0) is 112 Å². The fourth-order valence-electron chi connectivity index (χ4n) is 8.68. The summed E-state index contributed by atoms with van der Waals surface area (Å²) in [7, 11) is 0. The lowest BCUT2D eigenvalue weighted by Gasteiger charge is -2.59. The number of hydrogen-bond acceptors (Lipinski definition) is 11. The standard InChI is InChI=1S/C44H62N2O10/c1-6-23-53-44-40(46(43(50)52-7-2)19-24-51-25-22-49)29-38(45-54-8-3)36-27-32(13-9-11-20-47)35(14-10-12-21-48)41(42(36)44)37-28-34(17-18-39(37)56-44)55-33-16-15-30(4)31(5)26-33/h6,15-18,26-28,32,35,40-42,47-49H,1,7-14,19-25,29H2,2-5H3/t32-,35+,40-,41+,42+,44+/m0/s1. The van der Waals surface area contributed by atoms with Crippen LogP contribution in [0.4, 0.5) is 4.79 Å². The van der Waals surface area contributed by atoms with Crippen LogP contribution in [0.1, 0.15) is 81.4 Å². The molecule has 1 heterocycles. The van der Waals surface area contributed by atoms with E-state index in [1.165, 1.54) is 5.56 Å². The van der Waals surface area contributed by atoms with E-state index in [-0.39, 0.29) is 77.0 Å². The average molecular weight is 779 g/mol. The molecule has 56 heavy (non-hydrogen) atoms. The monoisotopic (exact) mass is 778 g/mol. The van der Waals surface area contributed by atoms with Crippen molar-refractivity contribution in [3.63, 3.8) is 0 Å². The second kappa shape index (κ2) is 21.0. The number of benzene rings is 2. The maximum atomic E-state index is 14.0. The molecule has 0 radical (unpaired) electrons. The molecule has 0 spiro atoms. The molecule has 3 aliphatic rings. The van der Waals surface area contributed by atoms with Gasteiger partial charge in [-0.15, -0.1) is 6.58 Å². The summed E-state index contributed by atoms with van der Waals surface area (Å²) in [5.74, 6) is 0.104. The zero-order valence-corrected chi connectivity index (χ0v) is 33.6. The first-order valence-electron chi connectivity index (χ1n) is 20.3. The molecule has 0 aromatic heterocycles. The Bertz CT molecular complexity index is 1660. The Morgan fingerprint density at radius 2 is 1.71 bits per heavy atom. The first-order valence-corrected chi connectivity index (χ1v) is 20.3. The van der Waals surface area contributed by atoms with Crippen molar-refractivity contribution in [2.75, 3.05) is 59.4 Å². The van der Waals surface area contributed by atoms with Gasteiger partial charge < -0.3 is 43.8 Å². The molecule has 0 saturated heterocycles. The third-order valence-electron chi connectivity index (χ3n) is 11.3. The van der Waals surface area contributed by atoms with Crippen molar-refractivity contribution >= 4 is 11.8 Å². The van der Waals surface area contributed by atoms with Crippen LogP contribution in [0.15, 0.2) is 65.9 Å². The number of hydrogen-bond donors (Lipinski definition) is 3. The van der Waals surface area contributed by atoms with Gasteiger partial charge in [0.2, 0.25) is 5.79 Å². The van der Waals surface area contributed by atoms with Gasteiger partial charge in [-0.25, -0.2) is 4.79 Å². The molecule has 0 bridgehead atoms. The number of fused-ring (bicyclic) bond motifs is 2. The number of aliphatic hydroxyl groups is 3. The second-order valence-corrected chi connectivity index (χ2v) is 14.8. The molecule has 1 aliphatic heterocycles. The number of aryl methyl sites for hydroxylation is 2. The third-order valence-corrected chi connectivity index (χ3v) is 11.3. The summed E-state index contributed by atoms with van der Waals surface area (Å²) in [6.45, 7) is 12.9. The number of rotatable bonds is 22. The topological polar surface area (TPSA) is 149 Å². The number of amides is 1. The van der Waals surface area contributed by atoms with Gasteiger partial charge in [-0.3, -0.25) is 4.90 Å². The largest absolute Gasteiger partial charge is 0.459 e. The van der Waals surface area contributed by atoms with Crippen molar-refractivity contribution < 1.29 is 48.6 Å². The number of carbonyl (C=O) groups is 1. The molecule has 3 N–H and O–H groups in total. The Balaban J connectivity index is 1.76. The summed E-state index contributed by atoms with van der Waals surface area (Å²) < 4.78 is 32.1. The molecule has 1 fully saturated rings. The lowest BCUT2D eigenvalue weighted by molar-refractivity contribution is -0.256. The molecule has 12 heteroatoms. The van der Waals surface area contributed by atoms with Crippen LogP contribution in [0.25, 0.3) is 0 Å². The lowest BCUT2D eigenvalue weighted by Crippen LogP contribution is -2.70.